The van der Waals surface area contributed by atoms with Gasteiger partial charge in [-0.1, -0.05) is 18.2 Å². The zero-order valence-electron chi connectivity index (χ0n) is 12.5. The Morgan fingerprint density at radius 3 is 2.52 bits per heavy atom. The molecule has 0 unspecified atom stereocenters. The fourth-order valence-corrected chi connectivity index (χ4v) is 3.48. The summed E-state index contributed by atoms with van der Waals surface area (Å²) in [7, 11) is 0. The Morgan fingerprint density at radius 2 is 1.81 bits per heavy atom. The Balaban J connectivity index is 1.67. The standard InChI is InChI=1S/C18H23N3/c1-2-4-16(5-3-1)21-18(12-14-8-10-19-11-9-14)17(13-20-21)15-6-7-15/h1-5,13-15,19H,6-12H2. The van der Waals surface area contributed by atoms with Crippen LogP contribution in [0.2, 0.25) is 0 Å². The average molecular weight is 281 g/mol. The minimum Gasteiger partial charge on any atom is -0.317 e. The molecule has 1 saturated carbocycles. The van der Waals surface area contributed by atoms with E-state index in [1.165, 1.54) is 62.1 Å². The molecule has 21 heavy (non-hydrogen) atoms. The van der Waals surface area contributed by atoms with E-state index in [9.17, 15) is 0 Å². The van der Waals surface area contributed by atoms with E-state index in [-0.39, 0.29) is 0 Å². The van der Waals surface area contributed by atoms with Crippen LogP contribution in [-0.4, -0.2) is 22.9 Å². The second kappa shape index (κ2) is 5.64. The van der Waals surface area contributed by atoms with Gasteiger partial charge >= 0.3 is 0 Å². The van der Waals surface area contributed by atoms with Crippen LogP contribution in [0.4, 0.5) is 0 Å². The van der Waals surface area contributed by atoms with E-state index in [4.69, 9.17) is 5.10 Å². The molecule has 3 nitrogen and oxygen atoms in total. The molecular formula is C18H23N3. The highest BCUT2D eigenvalue weighted by molar-refractivity contribution is 5.37. The molecule has 0 spiro atoms. The summed E-state index contributed by atoms with van der Waals surface area (Å²) >= 11 is 0. The van der Waals surface area contributed by atoms with Crippen LogP contribution in [0, 0.1) is 5.92 Å². The third-order valence-electron chi connectivity index (χ3n) is 4.86. The summed E-state index contributed by atoms with van der Waals surface area (Å²) in [6.45, 7) is 2.34. The molecule has 4 rings (SSSR count). The first kappa shape index (κ1) is 13.1. The molecule has 1 aliphatic carbocycles. The molecule has 1 aromatic heterocycles. The zero-order valence-corrected chi connectivity index (χ0v) is 12.5. The van der Waals surface area contributed by atoms with E-state index in [2.05, 4.69) is 46.5 Å². The quantitative estimate of drug-likeness (QED) is 0.932. The van der Waals surface area contributed by atoms with Gasteiger partial charge in [-0.2, -0.15) is 5.10 Å². The lowest BCUT2D eigenvalue weighted by Crippen LogP contribution is -2.29. The van der Waals surface area contributed by atoms with E-state index in [0.29, 0.717) is 0 Å². The first-order valence-corrected chi connectivity index (χ1v) is 8.25. The molecule has 1 saturated heterocycles. The average Bonchev–Trinajstić information content (AvgIpc) is 3.31. The van der Waals surface area contributed by atoms with Gasteiger partial charge in [-0.3, -0.25) is 0 Å². The number of aromatic nitrogens is 2. The van der Waals surface area contributed by atoms with Crippen LogP contribution in [0.15, 0.2) is 36.5 Å². The second-order valence-corrected chi connectivity index (χ2v) is 6.47. The predicted octanol–water partition coefficient (Wildman–Crippen LogP) is 3.29. The van der Waals surface area contributed by atoms with Gasteiger partial charge in [-0.15, -0.1) is 0 Å². The first-order chi connectivity index (χ1) is 10.4. The van der Waals surface area contributed by atoms with Crippen LogP contribution < -0.4 is 5.32 Å². The molecule has 0 radical (unpaired) electrons. The molecule has 1 aromatic carbocycles. The van der Waals surface area contributed by atoms with Gasteiger partial charge in [-0.25, -0.2) is 4.68 Å². The van der Waals surface area contributed by atoms with E-state index >= 15 is 0 Å². The maximum Gasteiger partial charge on any atom is 0.0648 e. The first-order valence-electron chi connectivity index (χ1n) is 8.25. The summed E-state index contributed by atoms with van der Waals surface area (Å²) in [6.07, 6.45) is 8.59. The third-order valence-corrected chi connectivity index (χ3v) is 4.86. The summed E-state index contributed by atoms with van der Waals surface area (Å²) in [5.41, 5.74) is 4.18. The van der Waals surface area contributed by atoms with Crippen molar-refractivity contribution >= 4 is 0 Å². The van der Waals surface area contributed by atoms with Gasteiger partial charge in [0.25, 0.3) is 0 Å². The minimum absolute atomic E-state index is 0.777. The molecule has 0 atom stereocenters. The van der Waals surface area contributed by atoms with Crippen molar-refractivity contribution in [3.8, 4) is 5.69 Å². The number of benzene rings is 1. The Hall–Kier alpha value is -1.61. The topological polar surface area (TPSA) is 29.9 Å². The van der Waals surface area contributed by atoms with Gasteiger partial charge in [-0.05, 0) is 74.7 Å². The molecule has 110 valence electrons. The molecule has 1 N–H and O–H groups in total. The van der Waals surface area contributed by atoms with Crippen LogP contribution in [0.25, 0.3) is 5.69 Å². The van der Waals surface area contributed by atoms with Gasteiger partial charge in [0.15, 0.2) is 0 Å². The van der Waals surface area contributed by atoms with Crippen molar-refractivity contribution in [2.75, 3.05) is 13.1 Å². The smallest absolute Gasteiger partial charge is 0.0648 e. The maximum absolute atomic E-state index is 4.71. The van der Waals surface area contributed by atoms with Crippen molar-refractivity contribution in [1.29, 1.82) is 0 Å². The summed E-state index contributed by atoms with van der Waals surface area (Å²) in [4.78, 5) is 0. The van der Waals surface area contributed by atoms with E-state index in [1.54, 1.807) is 0 Å². The molecule has 2 fully saturated rings. The van der Waals surface area contributed by atoms with Crippen molar-refractivity contribution in [2.45, 2.75) is 38.0 Å². The van der Waals surface area contributed by atoms with Crippen molar-refractivity contribution in [1.82, 2.24) is 15.1 Å². The summed E-state index contributed by atoms with van der Waals surface area (Å²) in [5.74, 6) is 1.59. The predicted molar refractivity (Wildman–Crippen MR) is 84.8 cm³/mol. The number of piperidine rings is 1. The van der Waals surface area contributed by atoms with Gasteiger partial charge < -0.3 is 5.32 Å². The van der Waals surface area contributed by atoms with Crippen molar-refractivity contribution in [2.24, 2.45) is 5.92 Å². The normalized spacial score (nSPS) is 19.8. The number of nitrogens with one attached hydrogen (secondary N) is 1. The molecule has 1 aliphatic heterocycles. The largest absolute Gasteiger partial charge is 0.317 e. The van der Waals surface area contributed by atoms with Gasteiger partial charge in [0.2, 0.25) is 0 Å². The number of hydrogen-bond acceptors (Lipinski definition) is 2. The highest BCUT2D eigenvalue weighted by atomic mass is 15.3. The summed E-state index contributed by atoms with van der Waals surface area (Å²) in [5, 5.41) is 8.18. The Labute approximate surface area is 126 Å². The van der Waals surface area contributed by atoms with Crippen LogP contribution in [0.3, 0.4) is 0 Å². The minimum atomic E-state index is 0.777. The Kier molecular flexibility index (Phi) is 3.52. The molecule has 0 amide bonds. The number of hydrogen-bond donors (Lipinski definition) is 1. The summed E-state index contributed by atoms with van der Waals surface area (Å²) < 4.78 is 2.19. The molecule has 2 aromatic rings. The second-order valence-electron chi connectivity index (χ2n) is 6.47. The highest BCUT2D eigenvalue weighted by Gasteiger charge is 2.30. The van der Waals surface area contributed by atoms with Crippen molar-refractivity contribution in [3.63, 3.8) is 0 Å². The molecule has 2 heterocycles. The molecule has 3 heteroatoms. The monoisotopic (exact) mass is 281 g/mol. The number of rotatable bonds is 4. The van der Waals surface area contributed by atoms with E-state index in [0.717, 1.165) is 11.8 Å². The van der Waals surface area contributed by atoms with Crippen LogP contribution in [-0.2, 0) is 6.42 Å². The molecule has 0 bridgehead atoms. The van der Waals surface area contributed by atoms with Crippen LogP contribution in [0.5, 0.6) is 0 Å². The van der Waals surface area contributed by atoms with Crippen molar-refractivity contribution < 1.29 is 0 Å². The fourth-order valence-electron chi connectivity index (χ4n) is 3.48. The lowest BCUT2D eigenvalue weighted by atomic mass is 9.91. The SMILES string of the molecule is c1ccc(-n2ncc(C3CC3)c2CC2CCNCC2)cc1. The maximum atomic E-state index is 4.71. The number of nitrogens with zero attached hydrogens (tertiary/aromatic N) is 2. The van der Waals surface area contributed by atoms with Crippen molar-refractivity contribution in [3.05, 3.63) is 47.8 Å². The molecular weight excluding hydrogens is 258 g/mol. The molecule has 2 aliphatic rings. The van der Waals surface area contributed by atoms with E-state index in [1.807, 2.05) is 0 Å². The zero-order chi connectivity index (χ0) is 14.1. The van der Waals surface area contributed by atoms with Crippen LogP contribution >= 0.6 is 0 Å². The lowest BCUT2D eigenvalue weighted by molar-refractivity contribution is 0.367. The van der Waals surface area contributed by atoms with Gasteiger partial charge in [0, 0.05) is 5.69 Å². The highest BCUT2D eigenvalue weighted by Crippen LogP contribution is 2.42. The third kappa shape index (κ3) is 2.75. The van der Waals surface area contributed by atoms with Gasteiger partial charge in [0.05, 0.1) is 11.9 Å². The Bertz CT molecular complexity index is 592. The van der Waals surface area contributed by atoms with E-state index < -0.39 is 0 Å². The fraction of sp³-hybridized carbons (Fsp3) is 0.500. The number of para-hydroxylation sites is 1. The van der Waals surface area contributed by atoms with Crippen LogP contribution in [0.1, 0.15) is 42.9 Å². The van der Waals surface area contributed by atoms with Gasteiger partial charge in [0.1, 0.15) is 0 Å². The Morgan fingerprint density at radius 1 is 1.05 bits per heavy atom. The lowest BCUT2D eigenvalue weighted by Gasteiger charge is -2.23. The summed E-state index contributed by atoms with van der Waals surface area (Å²) in [6, 6.07) is 10.6.